The largest absolute Gasteiger partial charge is 0.484 e. The van der Waals surface area contributed by atoms with Crippen molar-refractivity contribution in [1.29, 1.82) is 0 Å². The molecule has 0 heterocycles. The van der Waals surface area contributed by atoms with E-state index in [9.17, 15) is 4.79 Å². The van der Waals surface area contributed by atoms with Gasteiger partial charge in [-0.1, -0.05) is 29.6 Å². The zero-order valence-corrected chi connectivity index (χ0v) is 14.4. The van der Waals surface area contributed by atoms with Crippen LogP contribution in [-0.4, -0.2) is 24.6 Å². The minimum absolute atomic E-state index is 0.0139. The standard InChI is InChI=1S/C17H22Cl2N2O2/c18-14-5-4-13(8-15(14)19)23-9-16(22)21-17-10-2-1-3-11(17)7-12(20)6-10/h4-5,8,10-12,17H,1-3,6-7,9,20H2,(H,21,22). The number of fused-ring (bicyclic) bond motifs is 2. The number of carbonyl (C=O) groups excluding carboxylic acids is 1. The fraction of sp³-hybridized carbons (Fsp3) is 0.588. The van der Waals surface area contributed by atoms with Gasteiger partial charge in [0.1, 0.15) is 5.75 Å². The highest BCUT2D eigenvalue weighted by Crippen LogP contribution is 2.39. The third kappa shape index (κ3) is 4.11. The number of hydrogen-bond donors (Lipinski definition) is 2. The highest BCUT2D eigenvalue weighted by Gasteiger charge is 2.39. The van der Waals surface area contributed by atoms with Crippen LogP contribution >= 0.6 is 23.2 Å². The number of rotatable bonds is 4. The number of halogens is 2. The molecule has 23 heavy (non-hydrogen) atoms. The molecular formula is C17H22Cl2N2O2. The molecule has 2 fully saturated rings. The van der Waals surface area contributed by atoms with Gasteiger partial charge in [-0.05, 0) is 49.7 Å². The lowest BCUT2D eigenvalue weighted by Crippen LogP contribution is -2.54. The number of nitrogens with one attached hydrogen (secondary N) is 1. The van der Waals surface area contributed by atoms with Gasteiger partial charge >= 0.3 is 0 Å². The van der Waals surface area contributed by atoms with Crippen molar-refractivity contribution in [2.24, 2.45) is 17.6 Å². The fourth-order valence-electron chi connectivity index (χ4n) is 3.97. The molecule has 3 rings (SSSR count). The summed E-state index contributed by atoms with van der Waals surface area (Å²) in [6.45, 7) is -0.0139. The normalized spacial score (nSPS) is 29.9. The van der Waals surface area contributed by atoms with Gasteiger partial charge in [0.2, 0.25) is 0 Å². The van der Waals surface area contributed by atoms with E-state index in [2.05, 4.69) is 5.32 Å². The number of benzene rings is 1. The highest BCUT2D eigenvalue weighted by atomic mass is 35.5. The molecule has 2 aliphatic rings. The summed E-state index contributed by atoms with van der Waals surface area (Å²) >= 11 is 11.8. The van der Waals surface area contributed by atoms with E-state index in [0.29, 0.717) is 27.6 Å². The van der Waals surface area contributed by atoms with E-state index in [1.165, 1.54) is 6.42 Å². The lowest BCUT2D eigenvalue weighted by molar-refractivity contribution is -0.125. The molecule has 1 aromatic rings. The van der Waals surface area contributed by atoms with Crippen molar-refractivity contribution in [2.75, 3.05) is 6.61 Å². The van der Waals surface area contributed by atoms with Crippen LogP contribution in [0, 0.1) is 11.8 Å². The van der Waals surface area contributed by atoms with Crippen LogP contribution in [0.4, 0.5) is 0 Å². The van der Waals surface area contributed by atoms with Gasteiger partial charge in [0.25, 0.3) is 5.91 Å². The first-order chi connectivity index (χ1) is 11.0. The van der Waals surface area contributed by atoms with E-state index in [0.717, 1.165) is 25.7 Å². The minimum Gasteiger partial charge on any atom is -0.484 e. The molecule has 0 radical (unpaired) electrons. The van der Waals surface area contributed by atoms with Crippen LogP contribution < -0.4 is 15.8 Å². The molecule has 2 saturated carbocycles. The zero-order valence-electron chi connectivity index (χ0n) is 12.9. The van der Waals surface area contributed by atoms with Gasteiger partial charge in [-0.3, -0.25) is 4.79 Å². The van der Waals surface area contributed by atoms with Gasteiger partial charge in [0.05, 0.1) is 10.0 Å². The molecule has 126 valence electrons. The maximum atomic E-state index is 12.2. The second-order valence-corrected chi connectivity index (χ2v) is 7.45. The Morgan fingerprint density at radius 1 is 1.22 bits per heavy atom. The van der Waals surface area contributed by atoms with E-state index < -0.39 is 0 Å². The van der Waals surface area contributed by atoms with Crippen LogP contribution in [0.1, 0.15) is 32.1 Å². The molecule has 0 aliphatic heterocycles. The van der Waals surface area contributed by atoms with E-state index in [-0.39, 0.29) is 24.6 Å². The molecule has 4 nitrogen and oxygen atoms in total. The Morgan fingerprint density at radius 3 is 2.57 bits per heavy atom. The lowest BCUT2D eigenvalue weighted by atomic mass is 9.67. The zero-order chi connectivity index (χ0) is 16.4. The molecule has 3 N–H and O–H groups in total. The van der Waals surface area contributed by atoms with Crippen LogP contribution in [0.3, 0.4) is 0 Å². The second kappa shape index (κ2) is 7.29. The Hall–Kier alpha value is -0.970. The van der Waals surface area contributed by atoms with Crippen molar-refractivity contribution in [2.45, 2.75) is 44.2 Å². The van der Waals surface area contributed by atoms with Crippen LogP contribution in [0.2, 0.25) is 10.0 Å². The molecule has 0 saturated heterocycles. The van der Waals surface area contributed by atoms with E-state index >= 15 is 0 Å². The molecule has 2 bridgehead atoms. The Kier molecular flexibility index (Phi) is 5.34. The van der Waals surface area contributed by atoms with Gasteiger partial charge in [-0.15, -0.1) is 0 Å². The summed E-state index contributed by atoms with van der Waals surface area (Å²) in [7, 11) is 0. The molecule has 2 unspecified atom stereocenters. The van der Waals surface area contributed by atoms with Gasteiger partial charge < -0.3 is 15.8 Å². The number of amides is 1. The number of hydrogen-bond acceptors (Lipinski definition) is 3. The average Bonchev–Trinajstić information content (AvgIpc) is 2.49. The molecule has 0 aromatic heterocycles. The van der Waals surface area contributed by atoms with Crippen molar-refractivity contribution >= 4 is 29.1 Å². The molecule has 6 heteroatoms. The van der Waals surface area contributed by atoms with Crippen LogP contribution in [0.25, 0.3) is 0 Å². The van der Waals surface area contributed by atoms with Crippen LogP contribution in [0.15, 0.2) is 18.2 Å². The Labute approximate surface area is 146 Å². The maximum Gasteiger partial charge on any atom is 0.258 e. The molecule has 2 aliphatic carbocycles. The molecule has 0 spiro atoms. The topological polar surface area (TPSA) is 64.3 Å². The van der Waals surface area contributed by atoms with Crippen LogP contribution in [0.5, 0.6) is 5.75 Å². The first-order valence-corrected chi connectivity index (χ1v) is 8.91. The molecule has 1 aromatic carbocycles. The lowest BCUT2D eigenvalue weighted by Gasteiger charge is -2.45. The SMILES string of the molecule is NC1CC2CCCC(C1)C2NC(=O)COc1ccc(Cl)c(Cl)c1. The van der Waals surface area contributed by atoms with Gasteiger partial charge in [-0.2, -0.15) is 0 Å². The minimum atomic E-state index is -0.0894. The summed E-state index contributed by atoms with van der Waals surface area (Å²) in [5, 5.41) is 4.04. The smallest absolute Gasteiger partial charge is 0.258 e. The number of carbonyl (C=O) groups is 1. The van der Waals surface area contributed by atoms with Crippen molar-refractivity contribution in [3.05, 3.63) is 28.2 Å². The summed E-state index contributed by atoms with van der Waals surface area (Å²) < 4.78 is 5.51. The van der Waals surface area contributed by atoms with E-state index in [1.54, 1.807) is 18.2 Å². The Morgan fingerprint density at radius 2 is 1.91 bits per heavy atom. The summed E-state index contributed by atoms with van der Waals surface area (Å²) in [5.74, 6) is 1.46. The first kappa shape index (κ1) is 16.9. The number of nitrogens with two attached hydrogens (primary N) is 1. The van der Waals surface area contributed by atoms with E-state index in [4.69, 9.17) is 33.7 Å². The van der Waals surface area contributed by atoms with Gasteiger partial charge in [0.15, 0.2) is 6.61 Å². The van der Waals surface area contributed by atoms with Gasteiger partial charge in [0, 0.05) is 18.2 Å². The van der Waals surface area contributed by atoms with E-state index in [1.807, 2.05) is 0 Å². The Balaban J connectivity index is 1.54. The second-order valence-electron chi connectivity index (χ2n) is 6.64. The predicted octanol–water partition coefficient (Wildman–Crippen LogP) is 3.39. The van der Waals surface area contributed by atoms with Crippen molar-refractivity contribution in [3.8, 4) is 5.75 Å². The molecular weight excluding hydrogens is 335 g/mol. The molecule has 1 amide bonds. The van der Waals surface area contributed by atoms with Crippen LogP contribution in [-0.2, 0) is 4.79 Å². The predicted molar refractivity (Wildman–Crippen MR) is 91.9 cm³/mol. The average molecular weight is 357 g/mol. The summed E-state index contributed by atoms with van der Waals surface area (Å²) in [5.41, 5.74) is 6.12. The summed E-state index contributed by atoms with van der Waals surface area (Å²) in [4.78, 5) is 12.2. The summed E-state index contributed by atoms with van der Waals surface area (Å²) in [6.07, 6.45) is 5.57. The third-order valence-electron chi connectivity index (χ3n) is 4.97. The van der Waals surface area contributed by atoms with Crippen molar-refractivity contribution in [1.82, 2.24) is 5.32 Å². The number of ether oxygens (including phenoxy) is 1. The van der Waals surface area contributed by atoms with Crippen molar-refractivity contribution < 1.29 is 9.53 Å². The monoisotopic (exact) mass is 356 g/mol. The quantitative estimate of drug-likeness (QED) is 0.868. The highest BCUT2D eigenvalue weighted by molar-refractivity contribution is 6.42. The maximum absolute atomic E-state index is 12.2. The van der Waals surface area contributed by atoms with Gasteiger partial charge in [-0.25, -0.2) is 0 Å². The first-order valence-electron chi connectivity index (χ1n) is 8.15. The third-order valence-corrected chi connectivity index (χ3v) is 5.70. The van der Waals surface area contributed by atoms with Crippen molar-refractivity contribution in [3.63, 3.8) is 0 Å². The Bertz CT molecular complexity index is 568. The fourth-order valence-corrected chi connectivity index (χ4v) is 4.26. The molecule has 2 atom stereocenters. The summed E-state index contributed by atoms with van der Waals surface area (Å²) in [6, 6.07) is 5.50.